The van der Waals surface area contributed by atoms with Crippen LogP contribution in [-0.2, 0) is 16.1 Å². The van der Waals surface area contributed by atoms with Gasteiger partial charge < -0.3 is 9.84 Å². The number of benzene rings is 1. The molecule has 0 saturated carbocycles. The summed E-state index contributed by atoms with van der Waals surface area (Å²) in [5.41, 5.74) is 2.59. The maximum atomic E-state index is 10.5. The van der Waals surface area contributed by atoms with Crippen LogP contribution in [-0.4, -0.2) is 41.3 Å². The lowest BCUT2D eigenvalue weighted by Gasteiger charge is -2.47. The Balaban J connectivity index is 1.88. The summed E-state index contributed by atoms with van der Waals surface area (Å²) in [4.78, 5) is 12.7. The number of aliphatic carboxylic acids is 1. The largest absolute Gasteiger partial charge is 0.480 e. The summed E-state index contributed by atoms with van der Waals surface area (Å²) in [6, 6.07) is 7.81. The molecule has 1 aromatic carbocycles. The van der Waals surface area contributed by atoms with Gasteiger partial charge in [-0.1, -0.05) is 6.07 Å². The monoisotopic (exact) mass is 274 g/mol. The normalized spacial score (nSPS) is 17.2. The zero-order valence-electron chi connectivity index (χ0n) is 11.7. The maximum absolute atomic E-state index is 10.5. The minimum absolute atomic E-state index is 0.250. The summed E-state index contributed by atoms with van der Waals surface area (Å²) in [6.45, 7) is 5.91. The molecule has 5 heteroatoms. The highest BCUT2D eigenvalue weighted by atomic mass is 16.5. The Bertz CT molecular complexity index is 557. The van der Waals surface area contributed by atoms with Crippen molar-refractivity contribution in [1.82, 2.24) is 4.90 Å². The van der Waals surface area contributed by atoms with Crippen LogP contribution < -0.4 is 0 Å². The van der Waals surface area contributed by atoms with Crippen molar-refractivity contribution in [3.8, 4) is 6.07 Å². The average molecular weight is 274 g/mol. The molecule has 1 N–H and O–H groups in total. The number of carboxylic acid groups (broad SMARTS) is 1. The Hall–Kier alpha value is -1.90. The number of likely N-dealkylation sites (tertiary alicyclic amines) is 1. The van der Waals surface area contributed by atoms with Crippen LogP contribution in [0.2, 0.25) is 0 Å². The fourth-order valence-electron chi connectivity index (χ4n) is 2.52. The molecule has 1 aromatic rings. The van der Waals surface area contributed by atoms with Gasteiger partial charge in [0.25, 0.3) is 0 Å². The van der Waals surface area contributed by atoms with Gasteiger partial charge in [-0.25, -0.2) is 4.79 Å². The first-order chi connectivity index (χ1) is 9.42. The number of carbonyl (C=O) groups is 1. The quantitative estimate of drug-likeness (QED) is 0.881. The molecule has 1 aliphatic rings. The molecule has 0 unspecified atom stereocenters. The van der Waals surface area contributed by atoms with Crippen LogP contribution in [0.25, 0.3) is 0 Å². The zero-order chi connectivity index (χ0) is 14.8. The van der Waals surface area contributed by atoms with Gasteiger partial charge >= 0.3 is 5.97 Å². The molecule has 5 nitrogen and oxygen atoms in total. The second-order valence-electron chi connectivity index (χ2n) is 5.53. The summed E-state index contributed by atoms with van der Waals surface area (Å²) < 4.78 is 5.38. The van der Waals surface area contributed by atoms with E-state index in [-0.39, 0.29) is 12.2 Å². The third-order valence-electron chi connectivity index (χ3n) is 3.53. The molecule has 20 heavy (non-hydrogen) atoms. The number of ether oxygens (including phenoxy) is 1. The Morgan fingerprint density at radius 3 is 2.80 bits per heavy atom. The Morgan fingerprint density at radius 1 is 1.55 bits per heavy atom. The highest BCUT2D eigenvalue weighted by molar-refractivity contribution is 5.68. The highest BCUT2D eigenvalue weighted by Crippen LogP contribution is 2.27. The maximum Gasteiger partial charge on any atom is 0.329 e. The van der Waals surface area contributed by atoms with Crippen LogP contribution in [0.3, 0.4) is 0 Å². The molecule has 0 radical (unpaired) electrons. The highest BCUT2D eigenvalue weighted by Gasteiger charge is 2.40. The van der Waals surface area contributed by atoms with Crippen molar-refractivity contribution in [2.75, 3.05) is 19.7 Å². The summed E-state index contributed by atoms with van der Waals surface area (Å²) in [6.07, 6.45) is 0. The lowest BCUT2D eigenvalue weighted by atomic mass is 9.94. The van der Waals surface area contributed by atoms with Gasteiger partial charge in [0.05, 0.1) is 17.2 Å². The van der Waals surface area contributed by atoms with Crippen LogP contribution in [0.1, 0.15) is 23.6 Å². The van der Waals surface area contributed by atoms with Crippen LogP contribution >= 0.6 is 0 Å². The molecule has 1 heterocycles. The van der Waals surface area contributed by atoms with Crippen molar-refractivity contribution in [3.05, 3.63) is 34.9 Å². The van der Waals surface area contributed by atoms with Gasteiger partial charge in [-0.2, -0.15) is 5.26 Å². The molecule has 1 aliphatic heterocycles. The molecular weight excluding hydrogens is 256 g/mol. The fraction of sp³-hybridized carbons (Fsp3) is 0.467. The molecule has 2 rings (SSSR count). The van der Waals surface area contributed by atoms with E-state index in [1.165, 1.54) is 5.56 Å². The molecule has 0 aliphatic carbocycles. The summed E-state index contributed by atoms with van der Waals surface area (Å²) in [7, 11) is 0. The van der Waals surface area contributed by atoms with E-state index in [1.807, 2.05) is 32.0 Å². The van der Waals surface area contributed by atoms with Gasteiger partial charge in [-0.3, -0.25) is 4.90 Å². The predicted octanol–water partition coefficient (Wildman–Crippen LogP) is 1.54. The number of aryl methyl sites for hydroxylation is 1. The van der Waals surface area contributed by atoms with Crippen molar-refractivity contribution < 1.29 is 14.6 Å². The zero-order valence-corrected chi connectivity index (χ0v) is 11.7. The van der Waals surface area contributed by atoms with Gasteiger partial charge in [0, 0.05) is 19.6 Å². The van der Waals surface area contributed by atoms with E-state index in [9.17, 15) is 4.79 Å². The van der Waals surface area contributed by atoms with Crippen molar-refractivity contribution >= 4 is 5.97 Å². The molecule has 0 amide bonds. The van der Waals surface area contributed by atoms with Gasteiger partial charge in [-0.15, -0.1) is 0 Å². The van der Waals surface area contributed by atoms with E-state index in [2.05, 4.69) is 11.0 Å². The molecule has 1 fully saturated rings. The molecular formula is C15H18N2O3. The van der Waals surface area contributed by atoms with E-state index in [4.69, 9.17) is 15.1 Å². The standard InChI is InChI=1S/C15H18N2O3/c1-11-5-12(6-16)3-4-13(11)7-17-9-15(2,10-17)20-8-14(18)19/h3-5H,7-10H2,1-2H3,(H,18,19). The Kier molecular flexibility index (Phi) is 4.07. The van der Waals surface area contributed by atoms with Gasteiger partial charge in [-0.05, 0) is 37.1 Å². The van der Waals surface area contributed by atoms with E-state index >= 15 is 0 Å². The molecule has 0 spiro atoms. The molecule has 0 aromatic heterocycles. The number of carboxylic acids is 1. The van der Waals surface area contributed by atoms with Crippen molar-refractivity contribution in [2.24, 2.45) is 0 Å². The Morgan fingerprint density at radius 2 is 2.25 bits per heavy atom. The van der Waals surface area contributed by atoms with E-state index in [0.29, 0.717) is 5.56 Å². The second-order valence-corrected chi connectivity index (χ2v) is 5.53. The molecule has 1 saturated heterocycles. The van der Waals surface area contributed by atoms with Gasteiger partial charge in [0.1, 0.15) is 6.61 Å². The van der Waals surface area contributed by atoms with Crippen LogP contribution in [0.5, 0.6) is 0 Å². The number of hydrogen-bond donors (Lipinski definition) is 1. The first-order valence-electron chi connectivity index (χ1n) is 6.50. The first-order valence-corrected chi connectivity index (χ1v) is 6.50. The minimum atomic E-state index is -0.937. The van der Waals surface area contributed by atoms with Crippen LogP contribution in [0.15, 0.2) is 18.2 Å². The molecule has 0 atom stereocenters. The predicted molar refractivity (Wildman–Crippen MR) is 73.2 cm³/mol. The number of nitrogens with zero attached hydrogens (tertiary/aromatic N) is 2. The smallest absolute Gasteiger partial charge is 0.329 e. The summed E-state index contributed by atoms with van der Waals surface area (Å²) in [5, 5.41) is 17.5. The van der Waals surface area contributed by atoms with Crippen molar-refractivity contribution in [2.45, 2.75) is 26.0 Å². The van der Waals surface area contributed by atoms with Gasteiger partial charge in [0.2, 0.25) is 0 Å². The minimum Gasteiger partial charge on any atom is -0.480 e. The van der Waals surface area contributed by atoms with Crippen LogP contribution in [0, 0.1) is 18.3 Å². The first kappa shape index (κ1) is 14.5. The molecule has 0 bridgehead atoms. The van der Waals surface area contributed by atoms with Gasteiger partial charge in [0.15, 0.2) is 0 Å². The third kappa shape index (κ3) is 3.35. The van der Waals surface area contributed by atoms with Crippen molar-refractivity contribution in [1.29, 1.82) is 5.26 Å². The van der Waals surface area contributed by atoms with E-state index in [1.54, 1.807) is 0 Å². The van der Waals surface area contributed by atoms with E-state index in [0.717, 1.165) is 25.2 Å². The lowest BCUT2D eigenvalue weighted by molar-refractivity contribution is -0.165. The fourth-order valence-corrected chi connectivity index (χ4v) is 2.52. The topological polar surface area (TPSA) is 73.6 Å². The lowest BCUT2D eigenvalue weighted by Crippen LogP contribution is -2.61. The summed E-state index contributed by atoms with van der Waals surface area (Å²) in [5.74, 6) is -0.937. The average Bonchev–Trinajstić information content (AvgIpc) is 2.36. The Labute approximate surface area is 118 Å². The summed E-state index contributed by atoms with van der Waals surface area (Å²) >= 11 is 0. The number of nitriles is 1. The second kappa shape index (κ2) is 5.61. The third-order valence-corrected chi connectivity index (χ3v) is 3.53. The number of hydrogen-bond acceptors (Lipinski definition) is 4. The number of rotatable bonds is 5. The SMILES string of the molecule is Cc1cc(C#N)ccc1CN1CC(C)(OCC(=O)O)C1. The van der Waals surface area contributed by atoms with E-state index < -0.39 is 5.97 Å². The van der Waals surface area contributed by atoms with Crippen molar-refractivity contribution in [3.63, 3.8) is 0 Å². The van der Waals surface area contributed by atoms with Crippen LogP contribution in [0.4, 0.5) is 0 Å². The molecule has 106 valence electrons.